The first kappa shape index (κ1) is 21.2. The highest BCUT2D eigenvalue weighted by Gasteiger charge is 2.28. The maximum Gasteiger partial charge on any atom is 0.422 e. The predicted molar refractivity (Wildman–Crippen MR) is 91.3 cm³/mol. The van der Waals surface area contributed by atoms with E-state index in [1.807, 2.05) is 0 Å². The van der Waals surface area contributed by atoms with E-state index in [-0.39, 0.29) is 30.6 Å². The Bertz CT molecular complexity index is 695. The number of hydrogen-bond acceptors (Lipinski definition) is 5. The average molecular weight is 396 g/mol. The summed E-state index contributed by atoms with van der Waals surface area (Å²) in [5.74, 6) is -0.255. The number of halogens is 4. The summed E-state index contributed by atoms with van der Waals surface area (Å²) in [6, 6.07) is 6.13. The molecular formula is C15H17ClF3N3O2S. The topological polar surface area (TPSA) is 77.2 Å². The van der Waals surface area contributed by atoms with Gasteiger partial charge in [0.05, 0.1) is 5.01 Å². The molecule has 1 aromatic heterocycles. The third kappa shape index (κ3) is 7.29. The first-order valence-electron chi connectivity index (χ1n) is 7.08. The molecule has 0 spiro atoms. The minimum atomic E-state index is -4.39. The average Bonchev–Trinajstić information content (AvgIpc) is 2.99. The number of carbonyl (C=O) groups is 1. The van der Waals surface area contributed by atoms with E-state index in [1.54, 1.807) is 17.5 Å². The molecule has 2 aromatic rings. The predicted octanol–water partition coefficient (Wildman–Crippen LogP) is 2.94. The van der Waals surface area contributed by atoms with Crippen molar-refractivity contribution in [1.82, 2.24) is 10.3 Å². The van der Waals surface area contributed by atoms with E-state index in [0.717, 1.165) is 5.01 Å². The Morgan fingerprint density at radius 3 is 2.80 bits per heavy atom. The number of nitrogens with two attached hydrogens (primary N) is 1. The summed E-state index contributed by atoms with van der Waals surface area (Å²) in [4.78, 5) is 16.2. The number of alkyl halides is 3. The number of hydrogen-bond donors (Lipinski definition) is 2. The van der Waals surface area contributed by atoms with Gasteiger partial charge in [0.25, 0.3) is 5.91 Å². The van der Waals surface area contributed by atoms with Gasteiger partial charge in [0.15, 0.2) is 6.61 Å². The van der Waals surface area contributed by atoms with Gasteiger partial charge in [0, 0.05) is 18.3 Å². The third-order valence-electron chi connectivity index (χ3n) is 2.90. The minimum Gasteiger partial charge on any atom is -0.484 e. The zero-order chi connectivity index (χ0) is 17.6. The Kier molecular flexibility index (Phi) is 8.14. The molecule has 0 unspecified atom stereocenters. The molecule has 0 saturated heterocycles. The zero-order valence-electron chi connectivity index (χ0n) is 13.0. The summed E-state index contributed by atoms with van der Waals surface area (Å²) >= 11 is 1.36. The Morgan fingerprint density at radius 1 is 1.36 bits per heavy atom. The summed E-state index contributed by atoms with van der Waals surface area (Å²) in [7, 11) is 0. The van der Waals surface area contributed by atoms with E-state index in [1.165, 1.54) is 23.5 Å². The van der Waals surface area contributed by atoms with Gasteiger partial charge in [-0.25, -0.2) is 4.98 Å². The number of benzene rings is 1. The van der Waals surface area contributed by atoms with E-state index in [0.29, 0.717) is 24.2 Å². The van der Waals surface area contributed by atoms with E-state index < -0.39 is 12.8 Å². The van der Waals surface area contributed by atoms with Crippen molar-refractivity contribution in [3.05, 3.63) is 45.9 Å². The SMILES string of the molecule is Cl.NCCc1nc(C(=O)NCc2cccc(OCC(F)(F)F)c2)cs1. The quantitative estimate of drug-likeness (QED) is 0.755. The highest BCUT2D eigenvalue weighted by Crippen LogP contribution is 2.19. The van der Waals surface area contributed by atoms with Gasteiger partial charge in [-0.15, -0.1) is 23.7 Å². The molecule has 0 aliphatic heterocycles. The number of aromatic nitrogens is 1. The lowest BCUT2D eigenvalue weighted by Crippen LogP contribution is -2.23. The Labute approximate surface area is 152 Å². The second-order valence-corrected chi connectivity index (χ2v) is 5.84. The smallest absolute Gasteiger partial charge is 0.422 e. The van der Waals surface area contributed by atoms with Crippen LogP contribution in [0.1, 0.15) is 21.1 Å². The van der Waals surface area contributed by atoms with Crippen LogP contribution in [0.5, 0.6) is 5.75 Å². The summed E-state index contributed by atoms with van der Waals surface area (Å²) in [6.45, 7) is -0.739. The lowest BCUT2D eigenvalue weighted by Gasteiger charge is -2.10. The van der Waals surface area contributed by atoms with Crippen molar-refractivity contribution in [1.29, 1.82) is 0 Å². The molecule has 0 radical (unpaired) electrons. The second kappa shape index (κ2) is 9.59. The molecule has 0 aliphatic rings. The maximum atomic E-state index is 12.1. The van der Waals surface area contributed by atoms with Crippen molar-refractivity contribution in [3.8, 4) is 5.75 Å². The van der Waals surface area contributed by atoms with Gasteiger partial charge in [-0.05, 0) is 24.2 Å². The molecule has 10 heteroatoms. The van der Waals surface area contributed by atoms with Crippen LogP contribution in [-0.4, -0.2) is 30.2 Å². The Hall–Kier alpha value is -1.84. The van der Waals surface area contributed by atoms with Gasteiger partial charge >= 0.3 is 6.18 Å². The molecule has 25 heavy (non-hydrogen) atoms. The van der Waals surface area contributed by atoms with Crippen LogP contribution in [0.25, 0.3) is 0 Å². The number of carbonyl (C=O) groups excluding carboxylic acids is 1. The number of thiazole rings is 1. The van der Waals surface area contributed by atoms with Crippen molar-refractivity contribution in [2.45, 2.75) is 19.1 Å². The van der Waals surface area contributed by atoms with Crippen LogP contribution in [0.3, 0.4) is 0 Å². The van der Waals surface area contributed by atoms with Gasteiger partial charge < -0.3 is 15.8 Å². The van der Waals surface area contributed by atoms with E-state index in [4.69, 9.17) is 5.73 Å². The fraction of sp³-hybridized carbons (Fsp3) is 0.333. The number of rotatable bonds is 7. The molecule has 2 rings (SSSR count). The number of nitrogens with zero attached hydrogens (tertiary/aromatic N) is 1. The molecule has 0 atom stereocenters. The highest BCUT2D eigenvalue weighted by molar-refractivity contribution is 7.09. The minimum absolute atomic E-state index is 0. The monoisotopic (exact) mass is 395 g/mol. The fourth-order valence-corrected chi connectivity index (χ4v) is 2.63. The van der Waals surface area contributed by atoms with Gasteiger partial charge in [-0.2, -0.15) is 13.2 Å². The summed E-state index contributed by atoms with van der Waals surface area (Å²) in [5, 5.41) is 5.09. The van der Waals surface area contributed by atoms with Crippen molar-refractivity contribution in [2.75, 3.05) is 13.2 Å². The van der Waals surface area contributed by atoms with E-state index in [2.05, 4.69) is 15.0 Å². The van der Waals surface area contributed by atoms with Crippen LogP contribution in [0.2, 0.25) is 0 Å². The van der Waals surface area contributed by atoms with Gasteiger partial charge in [-0.3, -0.25) is 4.79 Å². The molecular weight excluding hydrogens is 379 g/mol. The van der Waals surface area contributed by atoms with Crippen LogP contribution < -0.4 is 15.8 Å². The van der Waals surface area contributed by atoms with Gasteiger partial charge in [-0.1, -0.05) is 12.1 Å². The van der Waals surface area contributed by atoms with Crippen LogP contribution in [0.15, 0.2) is 29.6 Å². The van der Waals surface area contributed by atoms with Crippen molar-refractivity contribution < 1.29 is 22.7 Å². The number of ether oxygens (including phenoxy) is 1. The summed E-state index contributed by atoms with van der Waals surface area (Å²) in [5.41, 5.74) is 6.35. The van der Waals surface area contributed by atoms with Crippen molar-refractivity contribution in [2.24, 2.45) is 5.73 Å². The summed E-state index contributed by atoms with van der Waals surface area (Å²) < 4.78 is 41.1. The van der Waals surface area contributed by atoms with E-state index >= 15 is 0 Å². The Morgan fingerprint density at radius 2 is 2.12 bits per heavy atom. The molecule has 0 saturated carbocycles. The fourth-order valence-electron chi connectivity index (χ4n) is 1.84. The molecule has 5 nitrogen and oxygen atoms in total. The highest BCUT2D eigenvalue weighted by atomic mass is 35.5. The van der Waals surface area contributed by atoms with Crippen LogP contribution in [0, 0.1) is 0 Å². The third-order valence-corrected chi connectivity index (χ3v) is 3.81. The molecule has 138 valence electrons. The Balaban J connectivity index is 0.00000312. The molecule has 0 aliphatic carbocycles. The lowest BCUT2D eigenvalue weighted by molar-refractivity contribution is -0.153. The first-order chi connectivity index (χ1) is 11.4. The van der Waals surface area contributed by atoms with Gasteiger partial charge in [0.2, 0.25) is 0 Å². The maximum absolute atomic E-state index is 12.1. The molecule has 3 N–H and O–H groups in total. The zero-order valence-corrected chi connectivity index (χ0v) is 14.6. The number of amides is 1. The summed E-state index contributed by atoms with van der Waals surface area (Å²) in [6.07, 6.45) is -3.79. The molecule has 1 heterocycles. The van der Waals surface area contributed by atoms with Crippen LogP contribution in [0.4, 0.5) is 13.2 Å². The second-order valence-electron chi connectivity index (χ2n) is 4.90. The first-order valence-corrected chi connectivity index (χ1v) is 7.96. The molecule has 0 fully saturated rings. The van der Waals surface area contributed by atoms with Crippen molar-refractivity contribution in [3.63, 3.8) is 0 Å². The van der Waals surface area contributed by atoms with Gasteiger partial charge in [0.1, 0.15) is 11.4 Å². The molecule has 1 amide bonds. The van der Waals surface area contributed by atoms with Crippen molar-refractivity contribution >= 4 is 29.7 Å². The standard InChI is InChI=1S/C15H16F3N3O2S.ClH/c16-15(17,18)9-23-11-3-1-2-10(6-11)7-20-14(22)12-8-24-13(21-12)4-5-19;/h1-3,6,8H,4-5,7,9,19H2,(H,20,22);1H. The lowest BCUT2D eigenvalue weighted by atomic mass is 10.2. The van der Waals surface area contributed by atoms with Crippen LogP contribution >= 0.6 is 23.7 Å². The normalized spacial score (nSPS) is 10.9. The van der Waals surface area contributed by atoms with E-state index in [9.17, 15) is 18.0 Å². The molecule has 1 aromatic carbocycles. The largest absolute Gasteiger partial charge is 0.484 e. The molecule has 0 bridgehead atoms. The van der Waals surface area contributed by atoms with Crippen LogP contribution in [-0.2, 0) is 13.0 Å². The number of nitrogens with one attached hydrogen (secondary N) is 1.